The standard InChI is InChI=1S/C17H15FN2O3/c1-3-23-17(22)11-6-4-5-10-12(11)8-14(21)20-13-7-9(2)19-16(18)15(10)13/h4-7H,3,8H2,1-2H3,(H,20,21). The van der Waals surface area contributed by atoms with Crippen molar-refractivity contribution in [3.63, 3.8) is 0 Å². The topological polar surface area (TPSA) is 68.3 Å². The molecule has 1 aliphatic heterocycles. The summed E-state index contributed by atoms with van der Waals surface area (Å²) in [6.07, 6.45) is -0.0303. The molecule has 1 N–H and O–H groups in total. The number of carbonyl (C=O) groups is 2. The number of aryl methyl sites for hydroxylation is 1. The molecular weight excluding hydrogens is 299 g/mol. The van der Waals surface area contributed by atoms with Crippen LogP contribution in [0.2, 0.25) is 0 Å². The van der Waals surface area contributed by atoms with Gasteiger partial charge >= 0.3 is 5.97 Å². The number of esters is 1. The van der Waals surface area contributed by atoms with E-state index < -0.39 is 11.9 Å². The summed E-state index contributed by atoms with van der Waals surface area (Å²) in [4.78, 5) is 28.1. The zero-order valence-electron chi connectivity index (χ0n) is 12.8. The number of fused-ring (bicyclic) bond motifs is 3. The van der Waals surface area contributed by atoms with Crippen LogP contribution < -0.4 is 5.32 Å². The van der Waals surface area contributed by atoms with Gasteiger partial charge in [-0.1, -0.05) is 12.1 Å². The highest BCUT2D eigenvalue weighted by Gasteiger charge is 2.26. The maximum Gasteiger partial charge on any atom is 0.338 e. The van der Waals surface area contributed by atoms with Gasteiger partial charge in [0.2, 0.25) is 11.9 Å². The Morgan fingerprint density at radius 3 is 2.96 bits per heavy atom. The van der Waals surface area contributed by atoms with Crippen molar-refractivity contribution in [2.45, 2.75) is 20.3 Å². The molecule has 0 bridgehead atoms. The van der Waals surface area contributed by atoms with Crippen LogP contribution in [0.4, 0.5) is 10.1 Å². The predicted molar refractivity (Wildman–Crippen MR) is 82.7 cm³/mol. The van der Waals surface area contributed by atoms with Crippen molar-refractivity contribution in [1.82, 2.24) is 4.98 Å². The van der Waals surface area contributed by atoms with Crippen molar-refractivity contribution in [2.75, 3.05) is 11.9 Å². The van der Waals surface area contributed by atoms with Crippen LogP contribution >= 0.6 is 0 Å². The molecule has 118 valence electrons. The van der Waals surface area contributed by atoms with Crippen molar-refractivity contribution in [1.29, 1.82) is 0 Å². The Kier molecular flexibility index (Phi) is 3.82. The fourth-order valence-corrected chi connectivity index (χ4v) is 2.76. The number of amides is 1. The molecule has 0 saturated carbocycles. The molecule has 0 spiro atoms. The van der Waals surface area contributed by atoms with E-state index in [0.717, 1.165) is 0 Å². The second-order valence-electron chi connectivity index (χ2n) is 5.25. The first-order chi connectivity index (χ1) is 11.0. The summed E-state index contributed by atoms with van der Waals surface area (Å²) >= 11 is 0. The minimum atomic E-state index is -0.676. The Balaban J connectivity index is 2.28. The average Bonchev–Trinajstić information content (AvgIpc) is 2.61. The summed E-state index contributed by atoms with van der Waals surface area (Å²) in [6.45, 7) is 3.57. The number of anilines is 1. The van der Waals surface area contributed by atoms with E-state index in [1.165, 1.54) is 0 Å². The monoisotopic (exact) mass is 314 g/mol. The van der Waals surface area contributed by atoms with Gasteiger partial charge in [-0.25, -0.2) is 9.78 Å². The van der Waals surface area contributed by atoms with Crippen molar-refractivity contribution in [3.05, 3.63) is 47.0 Å². The van der Waals surface area contributed by atoms with Gasteiger partial charge in [-0.2, -0.15) is 4.39 Å². The highest BCUT2D eigenvalue weighted by molar-refractivity contribution is 6.04. The molecule has 5 nitrogen and oxygen atoms in total. The van der Waals surface area contributed by atoms with Gasteiger partial charge in [-0.05, 0) is 37.1 Å². The van der Waals surface area contributed by atoms with Crippen LogP contribution in [0.5, 0.6) is 0 Å². The minimum absolute atomic E-state index is 0.0303. The Morgan fingerprint density at radius 1 is 1.43 bits per heavy atom. The Bertz CT molecular complexity index is 818. The number of aromatic nitrogens is 1. The number of nitrogens with one attached hydrogen (secondary N) is 1. The number of nitrogens with zero attached hydrogens (tertiary/aromatic N) is 1. The average molecular weight is 314 g/mol. The van der Waals surface area contributed by atoms with Gasteiger partial charge in [0.05, 0.1) is 29.8 Å². The van der Waals surface area contributed by atoms with E-state index in [1.54, 1.807) is 38.1 Å². The zero-order chi connectivity index (χ0) is 16.6. The molecule has 6 heteroatoms. The molecule has 0 aliphatic carbocycles. The summed E-state index contributed by atoms with van der Waals surface area (Å²) in [6, 6.07) is 6.51. The van der Waals surface area contributed by atoms with Gasteiger partial charge in [0.25, 0.3) is 0 Å². The van der Waals surface area contributed by atoms with E-state index in [0.29, 0.717) is 22.5 Å². The van der Waals surface area contributed by atoms with E-state index in [1.807, 2.05) is 0 Å². The number of rotatable bonds is 2. The number of halogens is 1. The fourth-order valence-electron chi connectivity index (χ4n) is 2.76. The van der Waals surface area contributed by atoms with Crippen molar-refractivity contribution < 1.29 is 18.7 Å². The Hall–Kier alpha value is -2.76. The molecule has 0 atom stereocenters. The molecule has 1 aromatic carbocycles. The third-order valence-electron chi connectivity index (χ3n) is 3.66. The first kappa shape index (κ1) is 15.1. The van der Waals surface area contributed by atoms with E-state index in [4.69, 9.17) is 4.74 Å². The number of pyridine rings is 1. The molecular formula is C17H15FN2O3. The Labute approximate surface area is 132 Å². The van der Waals surface area contributed by atoms with Gasteiger partial charge < -0.3 is 10.1 Å². The summed E-state index contributed by atoms with van der Waals surface area (Å²) in [5.74, 6) is -1.52. The smallest absolute Gasteiger partial charge is 0.338 e. The second-order valence-corrected chi connectivity index (χ2v) is 5.25. The van der Waals surface area contributed by atoms with E-state index in [-0.39, 0.29) is 30.1 Å². The lowest BCUT2D eigenvalue weighted by Crippen LogP contribution is -2.15. The van der Waals surface area contributed by atoms with Crippen LogP contribution in [-0.4, -0.2) is 23.5 Å². The number of carbonyl (C=O) groups excluding carboxylic acids is 2. The zero-order valence-corrected chi connectivity index (χ0v) is 12.8. The lowest BCUT2D eigenvalue weighted by atomic mass is 9.94. The molecule has 0 saturated heterocycles. The first-order valence-corrected chi connectivity index (χ1v) is 7.27. The van der Waals surface area contributed by atoms with Gasteiger partial charge in [0, 0.05) is 5.69 Å². The van der Waals surface area contributed by atoms with Crippen LogP contribution in [-0.2, 0) is 16.0 Å². The van der Waals surface area contributed by atoms with Crippen molar-refractivity contribution in [3.8, 4) is 11.1 Å². The Morgan fingerprint density at radius 2 is 2.22 bits per heavy atom. The molecule has 1 aromatic heterocycles. The molecule has 0 fully saturated rings. The lowest BCUT2D eigenvalue weighted by molar-refractivity contribution is -0.115. The SMILES string of the molecule is CCOC(=O)c1cccc2c1CC(=O)Nc1cc(C)nc(F)c1-2. The maximum absolute atomic E-state index is 14.4. The van der Waals surface area contributed by atoms with Gasteiger partial charge in [-0.15, -0.1) is 0 Å². The highest BCUT2D eigenvalue weighted by Crippen LogP contribution is 2.37. The van der Waals surface area contributed by atoms with Gasteiger partial charge in [-0.3, -0.25) is 4.79 Å². The summed E-state index contributed by atoms with van der Waals surface area (Å²) < 4.78 is 19.4. The molecule has 0 radical (unpaired) electrons. The van der Waals surface area contributed by atoms with Crippen LogP contribution in [0, 0.1) is 12.9 Å². The third-order valence-corrected chi connectivity index (χ3v) is 3.66. The molecule has 3 rings (SSSR count). The number of hydrogen-bond acceptors (Lipinski definition) is 4. The van der Waals surface area contributed by atoms with Crippen molar-refractivity contribution in [2.24, 2.45) is 0 Å². The first-order valence-electron chi connectivity index (χ1n) is 7.27. The number of hydrogen-bond donors (Lipinski definition) is 1. The normalized spacial score (nSPS) is 12.7. The van der Waals surface area contributed by atoms with Gasteiger partial charge in [0.1, 0.15) is 0 Å². The quantitative estimate of drug-likeness (QED) is 0.683. The van der Waals surface area contributed by atoms with Gasteiger partial charge in [0.15, 0.2) is 0 Å². The van der Waals surface area contributed by atoms with Crippen LogP contribution in [0.25, 0.3) is 11.1 Å². The molecule has 2 aromatic rings. The highest BCUT2D eigenvalue weighted by atomic mass is 19.1. The second kappa shape index (κ2) is 5.79. The largest absolute Gasteiger partial charge is 0.462 e. The van der Waals surface area contributed by atoms with E-state index in [2.05, 4.69) is 10.3 Å². The number of benzene rings is 1. The lowest BCUT2D eigenvalue weighted by Gasteiger charge is -2.12. The minimum Gasteiger partial charge on any atom is -0.462 e. The van der Waals surface area contributed by atoms with Crippen LogP contribution in [0.3, 0.4) is 0 Å². The van der Waals surface area contributed by atoms with Crippen molar-refractivity contribution >= 4 is 17.6 Å². The van der Waals surface area contributed by atoms with Crippen LogP contribution in [0.15, 0.2) is 24.3 Å². The summed E-state index contributed by atoms with van der Waals surface area (Å²) in [5, 5.41) is 2.68. The summed E-state index contributed by atoms with van der Waals surface area (Å²) in [7, 11) is 0. The molecule has 2 heterocycles. The predicted octanol–water partition coefficient (Wildman–Crippen LogP) is 2.87. The maximum atomic E-state index is 14.4. The number of ether oxygens (including phenoxy) is 1. The molecule has 23 heavy (non-hydrogen) atoms. The molecule has 1 amide bonds. The molecule has 1 aliphatic rings. The van der Waals surface area contributed by atoms with E-state index in [9.17, 15) is 14.0 Å². The third kappa shape index (κ3) is 2.67. The van der Waals surface area contributed by atoms with E-state index >= 15 is 0 Å². The summed E-state index contributed by atoms with van der Waals surface area (Å²) in [5.41, 5.74) is 2.22. The molecule has 0 unspecified atom stereocenters. The fraction of sp³-hybridized carbons (Fsp3) is 0.235. The van der Waals surface area contributed by atoms with Crippen LogP contribution in [0.1, 0.15) is 28.5 Å².